The zero-order valence-corrected chi connectivity index (χ0v) is 9.78. The van der Waals surface area contributed by atoms with Crippen LogP contribution >= 0.6 is 0 Å². The minimum absolute atomic E-state index is 0.0655. The van der Waals surface area contributed by atoms with Crippen molar-refractivity contribution in [2.24, 2.45) is 0 Å². The lowest BCUT2D eigenvalue weighted by atomic mass is 10.1. The third kappa shape index (κ3) is 3.88. The number of phenolic OH excluding ortho intramolecular Hbond substituents is 1. The van der Waals surface area contributed by atoms with Crippen LogP contribution in [0.5, 0.6) is 5.75 Å². The Morgan fingerprint density at radius 2 is 1.56 bits per heavy atom. The maximum Gasteiger partial charge on any atom is 0.178 e. The second-order valence-corrected chi connectivity index (χ2v) is 3.88. The van der Waals surface area contributed by atoms with Gasteiger partial charge in [-0.1, -0.05) is 24.3 Å². The molecule has 89 valence electrons. The fraction of sp³-hybridized carbons (Fsp3) is 0. The Labute approximate surface area is 108 Å². The van der Waals surface area contributed by atoms with Crippen LogP contribution < -0.4 is 0 Å². The molecule has 0 spiro atoms. The van der Waals surface area contributed by atoms with Gasteiger partial charge in [-0.3, -0.25) is 4.79 Å². The van der Waals surface area contributed by atoms with Gasteiger partial charge in [0.25, 0.3) is 0 Å². The van der Waals surface area contributed by atoms with E-state index in [2.05, 4.69) is 0 Å². The Morgan fingerprint density at radius 1 is 0.944 bits per heavy atom. The zero-order chi connectivity index (χ0) is 12.8. The minimum atomic E-state index is -0.0655. The van der Waals surface area contributed by atoms with Crippen molar-refractivity contribution >= 4 is 11.9 Å². The molecule has 1 aromatic rings. The van der Waals surface area contributed by atoms with Crippen molar-refractivity contribution in [3.63, 3.8) is 0 Å². The summed E-state index contributed by atoms with van der Waals surface area (Å²) in [6.45, 7) is 0. The van der Waals surface area contributed by atoms with Crippen LogP contribution in [-0.4, -0.2) is 10.9 Å². The molecule has 0 heterocycles. The number of phenols is 1. The SMILES string of the molecule is O=C(/C=C/[C]1[CH][CH][CH][CH]1)/C=C/c1ccc(O)cc1. The van der Waals surface area contributed by atoms with E-state index in [9.17, 15) is 4.79 Å². The van der Waals surface area contributed by atoms with Crippen LogP contribution in [0.2, 0.25) is 0 Å². The molecule has 0 aliphatic heterocycles. The molecular weight excluding hydrogens is 224 g/mol. The van der Waals surface area contributed by atoms with Crippen molar-refractivity contribution in [3.8, 4) is 5.75 Å². The van der Waals surface area contributed by atoms with Crippen molar-refractivity contribution < 1.29 is 9.90 Å². The molecule has 2 rings (SSSR count). The highest BCUT2D eigenvalue weighted by Gasteiger charge is 2.13. The summed E-state index contributed by atoms with van der Waals surface area (Å²) in [5, 5.41) is 9.12. The molecule has 0 saturated heterocycles. The number of carbonyl (C=O) groups excluding carboxylic acids is 1. The van der Waals surface area contributed by atoms with Gasteiger partial charge >= 0.3 is 0 Å². The van der Waals surface area contributed by atoms with E-state index >= 15 is 0 Å². The largest absolute Gasteiger partial charge is 0.508 e. The summed E-state index contributed by atoms with van der Waals surface area (Å²) in [6, 6.07) is 6.67. The minimum Gasteiger partial charge on any atom is -0.508 e. The third-order valence-corrected chi connectivity index (χ3v) is 2.46. The fourth-order valence-electron chi connectivity index (χ4n) is 1.50. The smallest absolute Gasteiger partial charge is 0.178 e. The number of rotatable bonds is 4. The average molecular weight is 237 g/mol. The van der Waals surface area contributed by atoms with Crippen LogP contribution in [-0.2, 0) is 4.79 Å². The zero-order valence-electron chi connectivity index (χ0n) is 9.78. The monoisotopic (exact) mass is 237 g/mol. The highest BCUT2D eigenvalue weighted by atomic mass is 16.3. The van der Waals surface area contributed by atoms with Crippen LogP contribution in [0.25, 0.3) is 6.08 Å². The molecule has 0 unspecified atom stereocenters. The number of ketones is 1. The van der Waals surface area contributed by atoms with Gasteiger partial charge in [-0.2, -0.15) is 0 Å². The van der Waals surface area contributed by atoms with Crippen LogP contribution in [0.1, 0.15) is 5.56 Å². The van der Waals surface area contributed by atoms with E-state index in [1.165, 1.54) is 12.2 Å². The number of carbonyl (C=O) groups is 1. The average Bonchev–Trinajstić information content (AvgIpc) is 2.89. The second-order valence-electron chi connectivity index (χ2n) is 3.88. The molecule has 1 fully saturated rings. The number of hydrogen-bond donors (Lipinski definition) is 1. The van der Waals surface area contributed by atoms with Crippen molar-refractivity contribution in [3.05, 3.63) is 79.7 Å². The molecule has 18 heavy (non-hydrogen) atoms. The summed E-state index contributed by atoms with van der Waals surface area (Å²) < 4.78 is 0. The Hall–Kier alpha value is -1.83. The van der Waals surface area contributed by atoms with Gasteiger partial charge in [-0.15, -0.1) is 0 Å². The molecule has 5 radical (unpaired) electrons. The lowest BCUT2D eigenvalue weighted by molar-refractivity contribution is -0.110. The number of benzene rings is 1. The first-order valence-corrected chi connectivity index (χ1v) is 5.65. The lowest BCUT2D eigenvalue weighted by Crippen LogP contribution is -1.89. The first-order valence-electron chi connectivity index (χ1n) is 5.65. The molecule has 2 heteroatoms. The van der Waals surface area contributed by atoms with E-state index < -0.39 is 0 Å². The maximum absolute atomic E-state index is 11.6. The Bertz CT molecular complexity index is 448. The molecule has 0 amide bonds. The topological polar surface area (TPSA) is 37.3 Å². The normalized spacial score (nSPS) is 16.9. The van der Waals surface area contributed by atoms with Gasteiger partial charge in [-0.05, 0) is 55.5 Å². The summed E-state index contributed by atoms with van der Waals surface area (Å²) in [5.41, 5.74) is 0.878. The Balaban J connectivity index is 1.88. The Morgan fingerprint density at radius 3 is 2.22 bits per heavy atom. The molecule has 0 atom stereocenters. The Kier molecular flexibility index (Phi) is 4.35. The van der Waals surface area contributed by atoms with Crippen LogP contribution in [0.15, 0.2) is 42.5 Å². The van der Waals surface area contributed by atoms with Gasteiger partial charge in [0.2, 0.25) is 0 Å². The van der Waals surface area contributed by atoms with Crippen molar-refractivity contribution in [2.75, 3.05) is 0 Å². The molecule has 1 aromatic carbocycles. The predicted octanol–water partition coefficient (Wildman–Crippen LogP) is 2.94. The summed E-state index contributed by atoms with van der Waals surface area (Å²) in [7, 11) is 0. The molecule has 1 saturated carbocycles. The molecule has 0 aromatic heterocycles. The summed E-state index contributed by atoms with van der Waals surface area (Å²) in [4.78, 5) is 11.6. The van der Waals surface area contributed by atoms with E-state index in [0.717, 1.165) is 11.5 Å². The molecular formula is C16H13O2. The molecule has 1 aliphatic carbocycles. The fourth-order valence-corrected chi connectivity index (χ4v) is 1.50. The van der Waals surface area contributed by atoms with Crippen LogP contribution in [0.3, 0.4) is 0 Å². The number of aromatic hydroxyl groups is 1. The van der Waals surface area contributed by atoms with Gasteiger partial charge < -0.3 is 5.11 Å². The molecule has 0 bridgehead atoms. The predicted molar refractivity (Wildman–Crippen MR) is 71.7 cm³/mol. The first kappa shape index (κ1) is 12.6. The van der Waals surface area contributed by atoms with Crippen molar-refractivity contribution in [1.82, 2.24) is 0 Å². The highest BCUT2D eigenvalue weighted by Crippen LogP contribution is 2.23. The standard InChI is InChI=1S/C16H13O2/c17-15(9-5-13-3-1-2-4-13)10-6-14-7-11-16(18)12-8-14/h1-12,18H/b9-5+,10-6+. The van der Waals surface area contributed by atoms with Crippen LogP contribution in [0.4, 0.5) is 0 Å². The second kappa shape index (κ2) is 6.20. The van der Waals surface area contributed by atoms with E-state index in [1.807, 2.05) is 25.7 Å². The first-order chi connectivity index (χ1) is 8.74. The summed E-state index contributed by atoms with van der Waals surface area (Å²) in [6.07, 6.45) is 14.3. The van der Waals surface area contributed by atoms with E-state index in [-0.39, 0.29) is 11.5 Å². The van der Waals surface area contributed by atoms with Gasteiger partial charge in [-0.25, -0.2) is 0 Å². The van der Waals surface area contributed by atoms with Gasteiger partial charge in [0.15, 0.2) is 5.78 Å². The van der Waals surface area contributed by atoms with Crippen molar-refractivity contribution in [2.45, 2.75) is 0 Å². The van der Waals surface area contributed by atoms with E-state index in [1.54, 1.807) is 36.4 Å². The summed E-state index contributed by atoms with van der Waals surface area (Å²) in [5.74, 6) is 1.17. The molecule has 1 N–H and O–H groups in total. The highest BCUT2D eigenvalue weighted by molar-refractivity contribution is 6.02. The third-order valence-electron chi connectivity index (χ3n) is 2.46. The van der Waals surface area contributed by atoms with Crippen molar-refractivity contribution in [1.29, 1.82) is 0 Å². The number of hydrogen-bond acceptors (Lipinski definition) is 2. The number of allylic oxidation sites excluding steroid dienone is 3. The van der Waals surface area contributed by atoms with Gasteiger partial charge in [0, 0.05) is 5.92 Å². The van der Waals surface area contributed by atoms with Gasteiger partial charge in [0.05, 0.1) is 0 Å². The molecule has 1 aliphatic rings. The van der Waals surface area contributed by atoms with E-state index in [4.69, 9.17) is 5.11 Å². The van der Waals surface area contributed by atoms with Crippen LogP contribution in [0, 0.1) is 31.6 Å². The summed E-state index contributed by atoms with van der Waals surface area (Å²) >= 11 is 0. The van der Waals surface area contributed by atoms with Gasteiger partial charge in [0.1, 0.15) is 5.75 Å². The van der Waals surface area contributed by atoms with E-state index in [0.29, 0.717) is 0 Å². The quantitative estimate of drug-likeness (QED) is 0.817. The lowest BCUT2D eigenvalue weighted by Gasteiger charge is -1.96. The maximum atomic E-state index is 11.6. The molecule has 2 nitrogen and oxygen atoms in total.